The smallest absolute Gasteiger partial charge is 0.287 e. The molecule has 0 spiro atoms. The van der Waals surface area contributed by atoms with Crippen molar-refractivity contribution in [2.24, 2.45) is 5.73 Å². The maximum absolute atomic E-state index is 13.7. The predicted octanol–water partition coefficient (Wildman–Crippen LogP) is 1.98. The van der Waals surface area contributed by atoms with Gasteiger partial charge in [-0.25, -0.2) is 4.39 Å². The molecule has 0 saturated carbocycles. The minimum Gasteiger partial charge on any atom is -0.459 e. The molecule has 98 valence electrons. The molecule has 4 nitrogen and oxygen atoms in total. The van der Waals surface area contributed by atoms with E-state index >= 15 is 0 Å². The zero-order valence-corrected chi connectivity index (χ0v) is 10.7. The van der Waals surface area contributed by atoms with Crippen molar-refractivity contribution in [3.63, 3.8) is 0 Å². The average molecular weight is 278 g/mol. The van der Waals surface area contributed by atoms with Gasteiger partial charge in [0.1, 0.15) is 10.8 Å². The second kappa shape index (κ2) is 5.62. The van der Waals surface area contributed by atoms with Crippen LogP contribution < -0.4 is 11.1 Å². The average Bonchev–Trinajstić information content (AvgIpc) is 2.90. The van der Waals surface area contributed by atoms with Gasteiger partial charge in [-0.15, -0.1) is 0 Å². The summed E-state index contributed by atoms with van der Waals surface area (Å²) in [5, 5.41) is 2.55. The van der Waals surface area contributed by atoms with Crippen molar-refractivity contribution in [1.29, 1.82) is 0 Å². The van der Waals surface area contributed by atoms with Crippen LogP contribution in [0.15, 0.2) is 41.0 Å². The maximum atomic E-state index is 13.7. The Balaban J connectivity index is 2.04. The van der Waals surface area contributed by atoms with E-state index in [-0.39, 0.29) is 17.3 Å². The van der Waals surface area contributed by atoms with Crippen LogP contribution in [0, 0.1) is 5.82 Å². The number of benzene rings is 1. The lowest BCUT2D eigenvalue weighted by molar-refractivity contribution is 0.0923. The first-order valence-electron chi connectivity index (χ1n) is 5.48. The van der Waals surface area contributed by atoms with E-state index < -0.39 is 11.7 Å². The topological polar surface area (TPSA) is 68.3 Å². The number of carbonyl (C=O) groups is 1. The lowest BCUT2D eigenvalue weighted by Crippen LogP contribution is -2.23. The van der Waals surface area contributed by atoms with E-state index in [1.165, 1.54) is 24.5 Å². The Hall–Kier alpha value is -2.21. The fourth-order valence-electron chi connectivity index (χ4n) is 1.51. The number of rotatable bonds is 4. The second-order valence-electron chi connectivity index (χ2n) is 3.83. The highest BCUT2D eigenvalue weighted by Crippen LogP contribution is 2.11. The number of hydrogen-bond acceptors (Lipinski definition) is 3. The number of hydrogen-bond donors (Lipinski definition) is 2. The van der Waals surface area contributed by atoms with Gasteiger partial charge in [-0.05, 0) is 18.2 Å². The van der Waals surface area contributed by atoms with Crippen LogP contribution in [0.5, 0.6) is 0 Å². The van der Waals surface area contributed by atoms with Gasteiger partial charge < -0.3 is 15.5 Å². The van der Waals surface area contributed by atoms with Crippen LogP contribution in [0.4, 0.5) is 4.39 Å². The third-order valence-corrected chi connectivity index (χ3v) is 2.76. The third-order valence-electron chi connectivity index (χ3n) is 2.52. The van der Waals surface area contributed by atoms with Gasteiger partial charge in [0, 0.05) is 17.7 Å². The van der Waals surface area contributed by atoms with Gasteiger partial charge in [0.05, 0.1) is 6.26 Å². The van der Waals surface area contributed by atoms with E-state index in [2.05, 4.69) is 5.32 Å². The molecule has 6 heteroatoms. The molecule has 1 heterocycles. The summed E-state index contributed by atoms with van der Waals surface area (Å²) in [6.45, 7) is 0.0585. The Morgan fingerprint density at radius 2 is 2.21 bits per heavy atom. The van der Waals surface area contributed by atoms with Crippen molar-refractivity contribution in [1.82, 2.24) is 5.32 Å². The molecule has 0 radical (unpaired) electrons. The summed E-state index contributed by atoms with van der Waals surface area (Å²) in [5.41, 5.74) is 6.20. The van der Waals surface area contributed by atoms with Crippen molar-refractivity contribution in [2.45, 2.75) is 6.54 Å². The largest absolute Gasteiger partial charge is 0.459 e. The standard InChI is InChI=1S/C13H11FN2O2S/c14-10-6-8(12(15)19)3-4-9(10)7-16-13(17)11-2-1-5-18-11/h1-6H,7H2,(H2,15,19)(H,16,17). The Morgan fingerprint density at radius 3 is 2.79 bits per heavy atom. The molecule has 1 aromatic heterocycles. The van der Waals surface area contributed by atoms with E-state index in [4.69, 9.17) is 22.4 Å². The van der Waals surface area contributed by atoms with Crippen molar-refractivity contribution in [3.8, 4) is 0 Å². The molecule has 0 aliphatic rings. The normalized spacial score (nSPS) is 10.2. The van der Waals surface area contributed by atoms with Gasteiger partial charge in [0.15, 0.2) is 5.76 Å². The third kappa shape index (κ3) is 3.17. The number of nitrogens with two attached hydrogens (primary N) is 1. The molecular formula is C13H11FN2O2S. The first-order chi connectivity index (χ1) is 9.08. The monoisotopic (exact) mass is 278 g/mol. The molecule has 1 aromatic carbocycles. The summed E-state index contributed by atoms with van der Waals surface area (Å²) in [5.74, 6) is -0.687. The van der Waals surface area contributed by atoms with Gasteiger partial charge in [0.2, 0.25) is 0 Å². The highest BCUT2D eigenvalue weighted by molar-refractivity contribution is 7.80. The zero-order chi connectivity index (χ0) is 13.8. The van der Waals surface area contributed by atoms with E-state index in [0.717, 1.165) is 0 Å². The van der Waals surface area contributed by atoms with E-state index in [9.17, 15) is 9.18 Å². The van der Waals surface area contributed by atoms with Crippen LogP contribution in [0.25, 0.3) is 0 Å². The molecule has 0 aliphatic heterocycles. The van der Waals surface area contributed by atoms with E-state index in [1.54, 1.807) is 12.1 Å². The number of nitrogens with one attached hydrogen (secondary N) is 1. The Kier molecular flexibility index (Phi) is 3.91. The van der Waals surface area contributed by atoms with Crippen molar-refractivity contribution < 1.29 is 13.6 Å². The minimum absolute atomic E-state index is 0.0585. The molecule has 0 unspecified atom stereocenters. The molecule has 2 aromatic rings. The lowest BCUT2D eigenvalue weighted by atomic mass is 10.1. The lowest BCUT2D eigenvalue weighted by Gasteiger charge is -2.06. The second-order valence-corrected chi connectivity index (χ2v) is 4.27. The van der Waals surface area contributed by atoms with Crippen LogP contribution in [-0.2, 0) is 6.54 Å². The molecule has 3 N–H and O–H groups in total. The summed E-state index contributed by atoms with van der Waals surface area (Å²) in [7, 11) is 0. The summed E-state index contributed by atoms with van der Waals surface area (Å²) < 4.78 is 18.6. The quantitative estimate of drug-likeness (QED) is 0.839. The summed E-state index contributed by atoms with van der Waals surface area (Å²) >= 11 is 4.75. The Morgan fingerprint density at radius 1 is 1.42 bits per heavy atom. The van der Waals surface area contributed by atoms with E-state index in [1.807, 2.05) is 0 Å². The molecule has 0 atom stereocenters. The fourth-order valence-corrected chi connectivity index (χ4v) is 1.64. The van der Waals surface area contributed by atoms with E-state index in [0.29, 0.717) is 11.1 Å². The fraction of sp³-hybridized carbons (Fsp3) is 0.0769. The molecule has 0 fully saturated rings. The van der Waals surface area contributed by atoms with Gasteiger partial charge in [-0.2, -0.15) is 0 Å². The predicted molar refractivity (Wildman–Crippen MR) is 72.2 cm³/mol. The van der Waals surface area contributed by atoms with Crippen LogP contribution >= 0.6 is 12.2 Å². The Labute approximate surface area is 114 Å². The van der Waals surface area contributed by atoms with Crippen molar-refractivity contribution in [3.05, 3.63) is 59.3 Å². The molecular weight excluding hydrogens is 267 g/mol. The first kappa shape index (κ1) is 13.2. The highest BCUT2D eigenvalue weighted by Gasteiger charge is 2.10. The SMILES string of the molecule is NC(=S)c1ccc(CNC(=O)c2ccco2)c(F)c1. The minimum atomic E-state index is -0.468. The number of thiocarbonyl (C=S) groups is 1. The number of carbonyl (C=O) groups excluding carboxylic acids is 1. The summed E-state index contributed by atoms with van der Waals surface area (Å²) in [6.07, 6.45) is 1.40. The van der Waals surface area contributed by atoms with Crippen LogP contribution in [0.1, 0.15) is 21.7 Å². The maximum Gasteiger partial charge on any atom is 0.287 e. The summed E-state index contributed by atoms with van der Waals surface area (Å²) in [6, 6.07) is 7.52. The number of amides is 1. The number of furan rings is 1. The van der Waals surface area contributed by atoms with Gasteiger partial charge >= 0.3 is 0 Å². The zero-order valence-electron chi connectivity index (χ0n) is 9.85. The molecule has 1 amide bonds. The van der Waals surface area contributed by atoms with Gasteiger partial charge in [-0.1, -0.05) is 24.4 Å². The van der Waals surface area contributed by atoms with Gasteiger partial charge in [-0.3, -0.25) is 4.79 Å². The van der Waals surface area contributed by atoms with Crippen molar-refractivity contribution >= 4 is 23.1 Å². The van der Waals surface area contributed by atoms with Crippen LogP contribution in [0.2, 0.25) is 0 Å². The summed E-state index contributed by atoms with van der Waals surface area (Å²) in [4.78, 5) is 11.7. The molecule has 0 aliphatic carbocycles. The molecule has 2 rings (SSSR count). The number of halogens is 1. The first-order valence-corrected chi connectivity index (χ1v) is 5.88. The van der Waals surface area contributed by atoms with Crippen LogP contribution in [0.3, 0.4) is 0 Å². The van der Waals surface area contributed by atoms with Gasteiger partial charge in [0.25, 0.3) is 5.91 Å². The molecule has 0 bridgehead atoms. The molecule has 19 heavy (non-hydrogen) atoms. The Bertz CT molecular complexity index is 611. The van der Waals surface area contributed by atoms with Crippen molar-refractivity contribution in [2.75, 3.05) is 0 Å². The highest BCUT2D eigenvalue weighted by atomic mass is 32.1. The molecule has 0 saturated heterocycles. The van der Waals surface area contributed by atoms with Crippen LogP contribution in [-0.4, -0.2) is 10.9 Å².